The van der Waals surface area contributed by atoms with E-state index in [9.17, 15) is 18.3 Å². The molecule has 2 aliphatic rings. The van der Waals surface area contributed by atoms with Crippen LogP contribution in [0.2, 0.25) is 0 Å². The number of aryl methyl sites for hydroxylation is 1. The average Bonchev–Trinajstić information content (AvgIpc) is 3.05. The fourth-order valence-corrected chi connectivity index (χ4v) is 5.81. The zero-order valence-corrected chi connectivity index (χ0v) is 13.5. The maximum absolute atomic E-state index is 12.9. The van der Waals surface area contributed by atoms with Crippen molar-refractivity contribution < 1.29 is 18.3 Å². The lowest BCUT2D eigenvalue weighted by molar-refractivity contribution is -0.149. The molecule has 1 saturated carbocycles. The Kier molecular flexibility index (Phi) is 3.77. The third-order valence-electron chi connectivity index (χ3n) is 5.24. The molecule has 0 spiro atoms. The SMILES string of the molecule is CCc1ccccc1S(=O)(=O)N1C[C@@H]2CCC[C@@]2(C(=O)O)C1. The van der Waals surface area contributed by atoms with Gasteiger partial charge >= 0.3 is 5.97 Å². The highest BCUT2D eigenvalue weighted by atomic mass is 32.2. The number of aliphatic carboxylic acids is 1. The van der Waals surface area contributed by atoms with Crippen LogP contribution in [0.5, 0.6) is 0 Å². The van der Waals surface area contributed by atoms with Gasteiger partial charge in [-0.25, -0.2) is 8.42 Å². The van der Waals surface area contributed by atoms with E-state index in [0.717, 1.165) is 18.4 Å². The lowest BCUT2D eigenvalue weighted by Crippen LogP contribution is -2.37. The molecule has 1 aromatic carbocycles. The van der Waals surface area contributed by atoms with Crippen LogP contribution in [0.3, 0.4) is 0 Å². The number of carboxylic acid groups (broad SMARTS) is 1. The van der Waals surface area contributed by atoms with E-state index in [2.05, 4.69) is 0 Å². The molecule has 1 aliphatic heterocycles. The van der Waals surface area contributed by atoms with E-state index in [1.54, 1.807) is 12.1 Å². The van der Waals surface area contributed by atoms with Crippen LogP contribution in [-0.4, -0.2) is 36.9 Å². The molecule has 1 N–H and O–H groups in total. The van der Waals surface area contributed by atoms with Gasteiger partial charge in [0.05, 0.1) is 10.3 Å². The molecule has 1 aliphatic carbocycles. The Balaban J connectivity index is 1.97. The predicted octanol–water partition coefficient (Wildman–Crippen LogP) is 2.12. The first kappa shape index (κ1) is 15.5. The summed E-state index contributed by atoms with van der Waals surface area (Å²) in [5.74, 6) is -0.912. The molecule has 0 radical (unpaired) electrons. The Morgan fingerprint density at radius 3 is 2.77 bits per heavy atom. The molecule has 1 heterocycles. The summed E-state index contributed by atoms with van der Waals surface area (Å²) in [5.41, 5.74) is -0.0993. The molecular weight excluding hydrogens is 302 g/mol. The van der Waals surface area contributed by atoms with E-state index in [1.165, 1.54) is 4.31 Å². The van der Waals surface area contributed by atoms with Gasteiger partial charge in [0.25, 0.3) is 0 Å². The third kappa shape index (κ3) is 2.16. The van der Waals surface area contributed by atoms with Gasteiger partial charge in [-0.1, -0.05) is 31.5 Å². The van der Waals surface area contributed by atoms with Crippen molar-refractivity contribution in [2.24, 2.45) is 11.3 Å². The number of hydrogen-bond acceptors (Lipinski definition) is 3. The fraction of sp³-hybridized carbons (Fsp3) is 0.562. The van der Waals surface area contributed by atoms with E-state index in [1.807, 2.05) is 19.1 Å². The molecule has 22 heavy (non-hydrogen) atoms. The Hall–Kier alpha value is -1.40. The summed E-state index contributed by atoms with van der Waals surface area (Å²) in [6, 6.07) is 6.98. The van der Waals surface area contributed by atoms with Crippen LogP contribution in [0, 0.1) is 11.3 Å². The van der Waals surface area contributed by atoms with Crippen LogP contribution < -0.4 is 0 Å². The zero-order valence-electron chi connectivity index (χ0n) is 12.7. The minimum absolute atomic E-state index is 0.0615. The van der Waals surface area contributed by atoms with E-state index in [0.29, 0.717) is 24.3 Å². The van der Waals surface area contributed by atoms with Crippen molar-refractivity contribution in [3.05, 3.63) is 29.8 Å². The van der Waals surface area contributed by atoms with Crippen LogP contribution in [-0.2, 0) is 21.2 Å². The van der Waals surface area contributed by atoms with Gasteiger partial charge in [-0.15, -0.1) is 0 Å². The second kappa shape index (κ2) is 5.35. The fourth-order valence-electron chi connectivity index (χ4n) is 3.96. The largest absolute Gasteiger partial charge is 0.481 e. The lowest BCUT2D eigenvalue weighted by Gasteiger charge is -2.23. The Labute approximate surface area is 131 Å². The highest BCUT2D eigenvalue weighted by molar-refractivity contribution is 7.89. The van der Waals surface area contributed by atoms with E-state index in [4.69, 9.17) is 0 Å². The minimum Gasteiger partial charge on any atom is -0.481 e. The maximum Gasteiger partial charge on any atom is 0.311 e. The van der Waals surface area contributed by atoms with Crippen LogP contribution in [0.1, 0.15) is 31.7 Å². The van der Waals surface area contributed by atoms with Crippen LogP contribution in [0.4, 0.5) is 0 Å². The summed E-state index contributed by atoms with van der Waals surface area (Å²) in [7, 11) is -3.63. The minimum atomic E-state index is -3.63. The third-order valence-corrected chi connectivity index (χ3v) is 7.15. The topological polar surface area (TPSA) is 74.7 Å². The number of rotatable bonds is 4. The Morgan fingerprint density at radius 2 is 2.14 bits per heavy atom. The summed E-state index contributed by atoms with van der Waals surface area (Å²) >= 11 is 0. The van der Waals surface area contributed by atoms with Crippen molar-refractivity contribution in [2.45, 2.75) is 37.5 Å². The van der Waals surface area contributed by atoms with Gasteiger partial charge in [0.2, 0.25) is 10.0 Å². The molecule has 1 aromatic rings. The number of carboxylic acids is 1. The number of nitrogens with zero attached hydrogens (tertiary/aromatic N) is 1. The summed E-state index contributed by atoms with van der Waals surface area (Å²) in [5, 5.41) is 9.61. The van der Waals surface area contributed by atoms with Gasteiger partial charge in [0, 0.05) is 13.1 Å². The van der Waals surface area contributed by atoms with Gasteiger partial charge in [0.15, 0.2) is 0 Å². The Bertz CT molecular complexity index is 700. The second-order valence-corrected chi connectivity index (χ2v) is 8.22. The molecule has 6 heteroatoms. The van der Waals surface area contributed by atoms with Crippen molar-refractivity contribution in [1.29, 1.82) is 0 Å². The van der Waals surface area contributed by atoms with Gasteiger partial charge in [-0.05, 0) is 36.8 Å². The van der Waals surface area contributed by atoms with E-state index in [-0.39, 0.29) is 12.5 Å². The molecule has 5 nitrogen and oxygen atoms in total. The van der Waals surface area contributed by atoms with Crippen molar-refractivity contribution in [3.8, 4) is 0 Å². The number of sulfonamides is 1. The molecule has 0 amide bonds. The van der Waals surface area contributed by atoms with E-state index < -0.39 is 21.4 Å². The van der Waals surface area contributed by atoms with Crippen LogP contribution >= 0.6 is 0 Å². The van der Waals surface area contributed by atoms with Crippen molar-refractivity contribution >= 4 is 16.0 Å². The number of fused-ring (bicyclic) bond motifs is 1. The summed E-state index contributed by atoms with van der Waals surface area (Å²) < 4.78 is 27.3. The number of benzene rings is 1. The first-order chi connectivity index (χ1) is 10.4. The normalized spacial score (nSPS) is 28.7. The van der Waals surface area contributed by atoms with E-state index >= 15 is 0 Å². The highest BCUT2D eigenvalue weighted by Gasteiger charge is 2.57. The zero-order chi connectivity index (χ0) is 16.0. The monoisotopic (exact) mass is 323 g/mol. The smallest absolute Gasteiger partial charge is 0.311 e. The van der Waals surface area contributed by atoms with Crippen LogP contribution in [0.15, 0.2) is 29.2 Å². The molecular formula is C16H21NO4S. The van der Waals surface area contributed by atoms with Gasteiger partial charge in [0.1, 0.15) is 0 Å². The Morgan fingerprint density at radius 1 is 1.41 bits per heavy atom. The molecule has 0 aromatic heterocycles. The molecule has 3 rings (SSSR count). The molecule has 120 valence electrons. The first-order valence-electron chi connectivity index (χ1n) is 7.73. The second-order valence-electron chi connectivity index (χ2n) is 6.31. The molecule has 0 unspecified atom stereocenters. The molecule has 2 fully saturated rings. The average molecular weight is 323 g/mol. The summed E-state index contributed by atoms with van der Waals surface area (Å²) in [6.07, 6.45) is 2.88. The van der Waals surface area contributed by atoms with Crippen LogP contribution in [0.25, 0.3) is 0 Å². The van der Waals surface area contributed by atoms with Crippen molar-refractivity contribution in [1.82, 2.24) is 4.31 Å². The first-order valence-corrected chi connectivity index (χ1v) is 9.17. The van der Waals surface area contributed by atoms with Gasteiger partial charge in [-0.3, -0.25) is 4.79 Å². The number of hydrogen-bond donors (Lipinski definition) is 1. The number of carbonyl (C=O) groups is 1. The molecule has 2 atom stereocenters. The standard InChI is InChI=1S/C16H21NO4S/c1-2-12-6-3-4-8-14(12)22(20,21)17-10-13-7-5-9-16(13,11-17)15(18)19/h3-4,6,8,13H,2,5,7,9-11H2,1H3,(H,18,19)/t13-,16+/m0/s1. The predicted molar refractivity (Wildman–Crippen MR) is 82.0 cm³/mol. The highest BCUT2D eigenvalue weighted by Crippen LogP contribution is 2.50. The maximum atomic E-state index is 12.9. The van der Waals surface area contributed by atoms with Gasteiger partial charge in [-0.2, -0.15) is 4.31 Å². The van der Waals surface area contributed by atoms with Crippen molar-refractivity contribution in [3.63, 3.8) is 0 Å². The molecule has 0 bridgehead atoms. The quantitative estimate of drug-likeness (QED) is 0.921. The summed E-state index contributed by atoms with van der Waals surface area (Å²) in [6.45, 7) is 2.35. The van der Waals surface area contributed by atoms with Gasteiger partial charge < -0.3 is 5.11 Å². The molecule has 1 saturated heterocycles. The summed E-state index contributed by atoms with van der Waals surface area (Å²) in [4.78, 5) is 12.0. The van der Waals surface area contributed by atoms with Crippen molar-refractivity contribution in [2.75, 3.05) is 13.1 Å². The lowest BCUT2D eigenvalue weighted by atomic mass is 9.81.